The second kappa shape index (κ2) is 15.1. The largest absolute Gasteiger partial charge is 0.401 e. The van der Waals surface area contributed by atoms with Gasteiger partial charge in [0, 0.05) is 11.5 Å². The Kier molecular flexibility index (Phi) is 15.0. The second-order valence-corrected chi connectivity index (χ2v) is 11.4. The zero-order valence-corrected chi connectivity index (χ0v) is 22.3. The summed E-state index contributed by atoms with van der Waals surface area (Å²) in [5.41, 5.74) is 1.47. The lowest BCUT2D eigenvalue weighted by Gasteiger charge is -2.15. The summed E-state index contributed by atoms with van der Waals surface area (Å²) in [6.07, 6.45) is 9.94. The van der Waals surface area contributed by atoms with Crippen molar-refractivity contribution in [3.05, 3.63) is 66.8 Å². The van der Waals surface area contributed by atoms with Gasteiger partial charge in [0.15, 0.2) is 0 Å². The van der Waals surface area contributed by atoms with E-state index in [0.717, 1.165) is 5.56 Å². The minimum absolute atomic E-state index is 0. The average Bonchev–Trinajstić information content (AvgIpc) is 3.33. The maximum atomic E-state index is 11.6. The molecule has 1 atom stereocenters. The van der Waals surface area contributed by atoms with E-state index in [2.05, 4.69) is 4.18 Å². The van der Waals surface area contributed by atoms with Crippen molar-refractivity contribution >= 4 is 20.5 Å². The highest BCUT2D eigenvalue weighted by Gasteiger charge is 2.26. The Bertz CT molecular complexity index is 1350. The monoisotopic (exact) mass is 578 g/mol. The molecule has 0 saturated carbocycles. The third kappa shape index (κ3) is 11.4. The molecule has 1 unspecified atom stereocenters. The number of benzene rings is 1. The Balaban J connectivity index is 0. The van der Waals surface area contributed by atoms with Gasteiger partial charge in [-0.05, 0) is 17.5 Å². The molecule has 38 heavy (non-hydrogen) atoms. The molecule has 1 aromatic carbocycles. The minimum Gasteiger partial charge on any atom is -0.282 e. The molecule has 218 valence electrons. The van der Waals surface area contributed by atoms with Crippen molar-refractivity contribution in [1.29, 1.82) is 0 Å². The van der Waals surface area contributed by atoms with Crippen LogP contribution in [0.2, 0.25) is 0 Å². The molecule has 0 radical (unpaired) electrons. The van der Waals surface area contributed by atoms with E-state index in [0.29, 0.717) is 12.1 Å². The molecule has 2 aromatic heterocycles. The Morgan fingerprint density at radius 3 is 1.84 bits per heavy atom. The summed E-state index contributed by atoms with van der Waals surface area (Å²) in [6, 6.07) is 5.22. The summed E-state index contributed by atoms with van der Waals surface area (Å²) in [5, 5.41) is 0. The predicted molar refractivity (Wildman–Crippen MR) is 147 cm³/mol. The van der Waals surface area contributed by atoms with E-state index in [1.165, 1.54) is 0 Å². The number of rotatable bonds is 8. The van der Waals surface area contributed by atoms with Gasteiger partial charge in [-0.15, -0.1) is 0 Å². The van der Waals surface area contributed by atoms with Gasteiger partial charge in [0.2, 0.25) is 18.9 Å². The van der Waals surface area contributed by atoms with Crippen molar-refractivity contribution in [1.82, 2.24) is 9.13 Å². The molecular weight excluding hydrogens is 532 g/mol. The standard InChI is InChI=1S/C14H18N2O3S.C8H14N2O4S.3CH4/c1-11(2)12-4-5-13(14(8-12)20(17,18)19)9-16-7-6-15(3)10-16;1-7(2)8(14-15(11,12)13)10-5-4-9(3)6-10;;;/h4-8,10-11H,9H2,1-3H3;4-8H,1-3H3;3*1H4/p+2. The summed E-state index contributed by atoms with van der Waals surface area (Å²) in [7, 11) is -4.96. The molecule has 0 saturated heterocycles. The fraction of sp³-hybridized carbons (Fsp3) is 0.520. The lowest BCUT2D eigenvalue weighted by Crippen LogP contribution is -2.26. The summed E-state index contributed by atoms with van der Waals surface area (Å²) in [6.45, 7) is 7.96. The number of hydrogen-bond donors (Lipinski definition) is 2. The van der Waals surface area contributed by atoms with E-state index >= 15 is 0 Å². The number of hydrogen-bond acceptors (Lipinski definition) is 5. The van der Waals surface area contributed by atoms with Gasteiger partial charge < -0.3 is 0 Å². The Labute approximate surface area is 229 Å². The molecule has 0 spiro atoms. The lowest BCUT2D eigenvalue weighted by molar-refractivity contribution is -0.671. The maximum Gasteiger partial charge on any atom is 0.401 e. The van der Waals surface area contributed by atoms with Crippen LogP contribution in [0.15, 0.2) is 60.5 Å². The van der Waals surface area contributed by atoms with Gasteiger partial charge in [-0.1, -0.05) is 62.1 Å². The van der Waals surface area contributed by atoms with Crippen LogP contribution in [0.5, 0.6) is 0 Å². The Morgan fingerprint density at radius 1 is 0.895 bits per heavy atom. The SMILES string of the molecule is C.C.C.CC(C)C(OS(=O)(=O)O)n1cc[n+](C)c1.CC(C)c1ccc(Cn2cc[n+](C)c2)c(S(=O)(=O)O)c1. The first-order valence-corrected chi connectivity index (χ1v) is 13.7. The van der Waals surface area contributed by atoms with Gasteiger partial charge in [-0.25, -0.2) is 22.5 Å². The average molecular weight is 579 g/mol. The maximum absolute atomic E-state index is 11.6. The third-order valence-corrected chi connectivity index (χ3v) is 6.46. The molecule has 3 aromatic rings. The molecule has 3 rings (SSSR count). The van der Waals surface area contributed by atoms with Crippen molar-refractivity contribution in [2.24, 2.45) is 20.0 Å². The first-order chi connectivity index (χ1) is 16.1. The van der Waals surface area contributed by atoms with Crippen LogP contribution in [-0.2, 0) is 45.3 Å². The van der Waals surface area contributed by atoms with Crippen LogP contribution in [0.1, 0.15) is 73.2 Å². The van der Waals surface area contributed by atoms with Crippen LogP contribution in [-0.4, -0.2) is 35.1 Å². The van der Waals surface area contributed by atoms with E-state index in [-0.39, 0.29) is 39.0 Å². The summed E-state index contributed by atoms with van der Waals surface area (Å²) in [4.78, 5) is -0.0138. The Morgan fingerprint density at radius 2 is 1.45 bits per heavy atom. The molecule has 0 bridgehead atoms. The molecule has 0 aliphatic heterocycles. The highest BCUT2D eigenvalue weighted by atomic mass is 32.3. The highest BCUT2D eigenvalue weighted by Crippen LogP contribution is 2.23. The molecule has 0 aliphatic carbocycles. The first-order valence-electron chi connectivity index (χ1n) is 10.9. The molecule has 0 amide bonds. The molecule has 2 heterocycles. The molecule has 11 nitrogen and oxygen atoms in total. The minimum atomic E-state index is -4.44. The smallest absolute Gasteiger partial charge is 0.282 e. The zero-order chi connectivity index (χ0) is 26.6. The van der Waals surface area contributed by atoms with E-state index in [9.17, 15) is 21.4 Å². The zero-order valence-electron chi connectivity index (χ0n) is 20.7. The predicted octanol–water partition coefficient (Wildman–Crippen LogP) is 3.93. The molecule has 13 heteroatoms. The number of aryl methyl sites for hydroxylation is 2. The van der Waals surface area contributed by atoms with Gasteiger partial charge in [0.1, 0.15) is 36.2 Å². The molecule has 0 aliphatic rings. The summed E-state index contributed by atoms with van der Waals surface area (Å²) in [5.74, 6) is 0.119. The first kappa shape index (κ1) is 37.6. The number of aromatic nitrogens is 4. The summed E-state index contributed by atoms with van der Waals surface area (Å²) < 4.78 is 74.1. The van der Waals surface area contributed by atoms with Crippen LogP contribution < -0.4 is 9.13 Å². The van der Waals surface area contributed by atoms with Crippen molar-refractivity contribution in [3.63, 3.8) is 0 Å². The summed E-state index contributed by atoms with van der Waals surface area (Å²) >= 11 is 0. The van der Waals surface area contributed by atoms with Crippen molar-refractivity contribution in [2.45, 2.75) is 73.6 Å². The molecule has 0 fully saturated rings. The van der Waals surface area contributed by atoms with Crippen LogP contribution in [0.3, 0.4) is 0 Å². The fourth-order valence-corrected chi connectivity index (χ4v) is 4.66. The van der Waals surface area contributed by atoms with Crippen LogP contribution in [0.4, 0.5) is 0 Å². The topological polar surface area (TPSA) is 136 Å². The second-order valence-electron chi connectivity index (χ2n) is 8.93. The van der Waals surface area contributed by atoms with E-state index < -0.39 is 26.7 Å². The Hall–Kier alpha value is -2.58. The van der Waals surface area contributed by atoms with Gasteiger partial charge in [-0.2, -0.15) is 16.8 Å². The van der Waals surface area contributed by atoms with Gasteiger partial charge in [0.05, 0.1) is 14.1 Å². The van der Waals surface area contributed by atoms with Gasteiger partial charge in [0.25, 0.3) is 10.1 Å². The molecule has 2 N–H and O–H groups in total. The van der Waals surface area contributed by atoms with E-state index in [1.54, 1.807) is 60.9 Å². The lowest BCUT2D eigenvalue weighted by atomic mass is 10.0. The number of imidazole rings is 2. The third-order valence-electron chi connectivity index (χ3n) is 5.09. The quantitative estimate of drug-likeness (QED) is 0.305. The van der Waals surface area contributed by atoms with Crippen molar-refractivity contribution in [3.8, 4) is 0 Å². The molecular formula is C25H46N4O7S2+2. The van der Waals surface area contributed by atoms with Crippen LogP contribution in [0, 0.1) is 5.92 Å². The van der Waals surface area contributed by atoms with E-state index in [1.807, 2.05) is 54.8 Å². The normalized spacial score (nSPS) is 12.1. The van der Waals surface area contributed by atoms with E-state index in [4.69, 9.17) is 4.55 Å². The van der Waals surface area contributed by atoms with Gasteiger partial charge >= 0.3 is 10.4 Å². The van der Waals surface area contributed by atoms with Crippen molar-refractivity contribution < 1.29 is 39.3 Å². The van der Waals surface area contributed by atoms with Crippen molar-refractivity contribution in [2.75, 3.05) is 0 Å². The van der Waals surface area contributed by atoms with Crippen LogP contribution >= 0.6 is 0 Å². The fourth-order valence-electron chi connectivity index (χ4n) is 3.34. The highest BCUT2D eigenvalue weighted by molar-refractivity contribution is 7.85. The van der Waals surface area contributed by atoms with Crippen LogP contribution in [0.25, 0.3) is 0 Å². The number of nitrogens with zero attached hydrogens (tertiary/aromatic N) is 4. The van der Waals surface area contributed by atoms with Gasteiger partial charge in [-0.3, -0.25) is 9.11 Å².